The van der Waals surface area contributed by atoms with E-state index in [-0.39, 0.29) is 25.7 Å². The summed E-state index contributed by atoms with van der Waals surface area (Å²) >= 11 is 0. The zero-order chi connectivity index (χ0) is 69.3. The van der Waals surface area contributed by atoms with Crippen LogP contribution in [0.15, 0.2) is 0 Å². The van der Waals surface area contributed by atoms with Crippen LogP contribution < -0.4 is 0 Å². The highest BCUT2D eigenvalue weighted by atomic mass is 31.2. The molecule has 0 radical (unpaired) electrons. The summed E-state index contributed by atoms with van der Waals surface area (Å²) in [5, 5.41) is 10.6. The fourth-order valence-corrected chi connectivity index (χ4v) is 13.0. The van der Waals surface area contributed by atoms with E-state index in [1.54, 1.807) is 0 Å². The van der Waals surface area contributed by atoms with Gasteiger partial charge in [-0.05, 0) is 37.5 Å². The lowest BCUT2D eigenvalue weighted by molar-refractivity contribution is -0.161. The van der Waals surface area contributed by atoms with Crippen molar-refractivity contribution in [3.63, 3.8) is 0 Å². The summed E-state index contributed by atoms with van der Waals surface area (Å²) in [5.74, 6) is -0.622. The molecule has 0 fully saturated rings. The molecule has 0 aromatic rings. The second-order valence-corrected chi connectivity index (χ2v) is 30.7. The standard InChI is InChI=1S/C75H146O17P2/c1-7-10-12-14-16-18-19-20-21-22-23-24-25-26-27-28-33-36-40-47-53-59-74(79)91-70(63-86-73(78)58-52-46-39-35-32-30-29-31-34-37-43-49-55-67(4)5)65-89-93(81,82)87-61-69(76)62-88-94(83,84)90-66-71(64-85-72(77)57-51-45-38-17-15-13-11-8-2)92-75(80)60-54-48-42-41-44-50-56-68(6)9-3/h67-71,76H,7-66H2,1-6H3,(H,81,82)(H,83,84)/t68?,69-,70-,71-/m1/s1. The van der Waals surface area contributed by atoms with Crippen LogP contribution in [0.5, 0.6) is 0 Å². The van der Waals surface area contributed by atoms with Crippen LogP contribution in [0.4, 0.5) is 0 Å². The average Bonchev–Trinajstić information content (AvgIpc) is 1.40. The van der Waals surface area contributed by atoms with Gasteiger partial charge < -0.3 is 33.8 Å². The van der Waals surface area contributed by atoms with E-state index in [0.29, 0.717) is 25.7 Å². The molecule has 0 aromatic carbocycles. The van der Waals surface area contributed by atoms with Crippen LogP contribution in [-0.4, -0.2) is 96.7 Å². The lowest BCUT2D eigenvalue weighted by atomic mass is 10.00. The number of ether oxygens (including phenoxy) is 4. The molecule has 19 heteroatoms. The highest BCUT2D eigenvalue weighted by Crippen LogP contribution is 2.45. The van der Waals surface area contributed by atoms with Gasteiger partial charge in [0.1, 0.15) is 19.3 Å². The normalized spacial score (nSPS) is 14.3. The van der Waals surface area contributed by atoms with Crippen molar-refractivity contribution in [2.24, 2.45) is 11.8 Å². The number of unbranched alkanes of at least 4 members (excludes halogenated alkanes) is 43. The molecule has 0 aromatic heterocycles. The zero-order valence-electron chi connectivity index (χ0n) is 61.3. The first kappa shape index (κ1) is 92.1. The first-order valence-electron chi connectivity index (χ1n) is 39.0. The third-order valence-corrected chi connectivity index (χ3v) is 19.7. The van der Waals surface area contributed by atoms with Crippen LogP contribution in [0.3, 0.4) is 0 Å². The van der Waals surface area contributed by atoms with Gasteiger partial charge in [-0.2, -0.15) is 0 Å². The van der Waals surface area contributed by atoms with Crippen LogP contribution in [-0.2, 0) is 65.4 Å². The van der Waals surface area contributed by atoms with Gasteiger partial charge in [-0.15, -0.1) is 0 Å². The Bertz CT molecular complexity index is 1820. The third-order valence-electron chi connectivity index (χ3n) is 17.8. The summed E-state index contributed by atoms with van der Waals surface area (Å²) in [7, 11) is -9.90. The molecule has 94 heavy (non-hydrogen) atoms. The Balaban J connectivity index is 5.17. The molecule has 0 rings (SSSR count). The number of phosphoric ester groups is 2. The second-order valence-electron chi connectivity index (χ2n) is 27.8. The fraction of sp³-hybridized carbons (Fsp3) is 0.947. The second kappa shape index (κ2) is 66.9. The van der Waals surface area contributed by atoms with Gasteiger partial charge >= 0.3 is 39.5 Å². The van der Waals surface area contributed by atoms with Crippen molar-refractivity contribution in [2.75, 3.05) is 39.6 Å². The van der Waals surface area contributed by atoms with E-state index in [1.807, 2.05) is 0 Å². The predicted octanol–water partition coefficient (Wildman–Crippen LogP) is 21.9. The van der Waals surface area contributed by atoms with Gasteiger partial charge in [-0.25, -0.2) is 9.13 Å². The molecule has 558 valence electrons. The molecule has 0 saturated heterocycles. The molecule has 0 bridgehead atoms. The fourth-order valence-electron chi connectivity index (χ4n) is 11.4. The summed E-state index contributed by atoms with van der Waals surface area (Å²) in [5.41, 5.74) is 0. The molecular formula is C75H146O17P2. The summed E-state index contributed by atoms with van der Waals surface area (Å²) in [6, 6.07) is 0. The highest BCUT2D eigenvalue weighted by Gasteiger charge is 2.30. The van der Waals surface area contributed by atoms with Crippen LogP contribution in [0.25, 0.3) is 0 Å². The molecule has 3 unspecified atom stereocenters. The molecule has 0 aliphatic carbocycles. The SMILES string of the molecule is CCCCCCCCCCCCCCCCCCCCCCCC(=O)O[C@H](COC(=O)CCCCCCCCCCCCCCC(C)C)COP(=O)(O)OC[C@@H](O)COP(=O)(O)OC[C@@H](COC(=O)CCCCCCCCCC)OC(=O)CCCCCCCCC(C)CC. The van der Waals surface area contributed by atoms with Gasteiger partial charge in [0.2, 0.25) is 0 Å². The van der Waals surface area contributed by atoms with Gasteiger partial charge in [-0.1, -0.05) is 337 Å². The van der Waals surface area contributed by atoms with E-state index < -0.39 is 97.5 Å². The first-order chi connectivity index (χ1) is 45.4. The third kappa shape index (κ3) is 67.3. The lowest BCUT2D eigenvalue weighted by Crippen LogP contribution is -2.30. The minimum Gasteiger partial charge on any atom is -0.462 e. The average molecular weight is 1380 g/mol. The number of aliphatic hydroxyl groups excluding tert-OH is 1. The number of aliphatic hydroxyl groups is 1. The van der Waals surface area contributed by atoms with Crippen molar-refractivity contribution in [1.29, 1.82) is 0 Å². The molecule has 3 N–H and O–H groups in total. The Morgan fingerprint density at radius 1 is 0.309 bits per heavy atom. The lowest BCUT2D eigenvalue weighted by Gasteiger charge is -2.21. The molecule has 0 spiro atoms. The Kier molecular flexibility index (Phi) is 65.5. The smallest absolute Gasteiger partial charge is 0.462 e. The number of esters is 4. The zero-order valence-corrected chi connectivity index (χ0v) is 63.1. The quantitative estimate of drug-likeness (QED) is 0.0222. The van der Waals surface area contributed by atoms with Crippen molar-refractivity contribution in [1.82, 2.24) is 0 Å². The molecule has 0 aliphatic heterocycles. The molecule has 0 saturated carbocycles. The van der Waals surface area contributed by atoms with Gasteiger partial charge in [0.25, 0.3) is 0 Å². The summed E-state index contributed by atoms with van der Waals surface area (Å²) in [4.78, 5) is 72.6. The minimum atomic E-state index is -4.96. The first-order valence-corrected chi connectivity index (χ1v) is 42.0. The molecule has 0 amide bonds. The van der Waals surface area contributed by atoms with E-state index >= 15 is 0 Å². The van der Waals surface area contributed by atoms with E-state index in [1.165, 1.54) is 199 Å². The Hall–Kier alpha value is -1.94. The summed E-state index contributed by atoms with van der Waals surface area (Å²) in [6.45, 7) is 9.52. The minimum absolute atomic E-state index is 0.103. The van der Waals surface area contributed by atoms with E-state index in [0.717, 1.165) is 108 Å². The predicted molar refractivity (Wildman–Crippen MR) is 381 cm³/mol. The maximum Gasteiger partial charge on any atom is 0.472 e. The van der Waals surface area contributed by atoms with Gasteiger partial charge in [0.15, 0.2) is 12.2 Å². The number of rotatable bonds is 74. The van der Waals surface area contributed by atoms with E-state index in [2.05, 4.69) is 41.5 Å². The van der Waals surface area contributed by atoms with E-state index in [4.69, 9.17) is 37.0 Å². The molecule has 0 aliphatic rings. The van der Waals surface area contributed by atoms with Crippen molar-refractivity contribution >= 4 is 39.5 Å². The number of hydrogen-bond donors (Lipinski definition) is 3. The number of carbonyl (C=O) groups excluding carboxylic acids is 4. The van der Waals surface area contributed by atoms with Crippen LogP contribution >= 0.6 is 15.6 Å². The molecule has 0 heterocycles. The molecule has 17 nitrogen and oxygen atoms in total. The number of hydrogen-bond acceptors (Lipinski definition) is 15. The topological polar surface area (TPSA) is 237 Å². The van der Waals surface area contributed by atoms with Gasteiger partial charge in [0.05, 0.1) is 26.4 Å². The largest absolute Gasteiger partial charge is 0.472 e. The molecule has 6 atom stereocenters. The van der Waals surface area contributed by atoms with Crippen LogP contribution in [0.2, 0.25) is 0 Å². The summed E-state index contributed by atoms with van der Waals surface area (Å²) < 4.78 is 68.4. The maximum atomic E-state index is 13.1. The van der Waals surface area contributed by atoms with Crippen molar-refractivity contribution in [3.05, 3.63) is 0 Å². The summed E-state index contributed by atoms with van der Waals surface area (Å²) in [6.07, 6.45) is 54.4. The van der Waals surface area contributed by atoms with Gasteiger partial charge in [0, 0.05) is 25.7 Å². The van der Waals surface area contributed by atoms with Crippen molar-refractivity contribution in [2.45, 2.75) is 407 Å². The highest BCUT2D eigenvalue weighted by molar-refractivity contribution is 7.47. The van der Waals surface area contributed by atoms with Gasteiger partial charge in [-0.3, -0.25) is 37.3 Å². The molecular weight excluding hydrogens is 1230 g/mol. The Morgan fingerprint density at radius 2 is 0.543 bits per heavy atom. The van der Waals surface area contributed by atoms with Crippen LogP contribution in [0.1, 0.15) is 388 Å². The monoisotopic (exact) mass is 1380 g/mol. The Labute approximate surface area is 575 Å². The Morgan fingerprint density at radius 3 is 0.809 bits per heavy atom. The van der Waals surface area contributed by atoms with E-state index in [9.17, 15) is 43.2 Å². The van der Waals surface area contributed by atoms with Crippen LogP contribution in [0, 0.1) is 11.8 Å². The number of phosphoric acid groups is 2. The van der Waals surface area contributed by atoms with Crippen molar-refractivity contribution in [3.8, 4) is 0 Å². The van der Waals surface area contributed by atoms with Crippen molar-refractivity contribution < 1.29 is 80.2 Å². The number of carbonyl (C=O) groups is 4. The maximum absolute atomic E-state index is 13.1.